The van der Waals surface area contributed by atoms with Gasteiger partial charge < -0.3 is 19.7 Å². The first-order valence-electron chi connectivity index (χ1n) is 11.2. The zero-order valence-electron chi connectivity index (χ0n) is 19.9. The Kier molecular flexibility index (Phi) is 5.85. The highest BCUT2D eigenvalue weighted by molar-refractivity contribution is 5.96. The van der Waals surface area contributed by atoms with Crippen LogP contribution in [-0.2, 0) is 11.8 Å². The van der Waals surface area contributed by atoms with E-state index in [0.29, 0.717) is 36.0 Å². The molecule has 0 saturated carbocycles. The zero-order chi connectivity index (χ0) is 24.7. The van der Waals surface area contributed by atoms with Crippen molar-refractivity contribution in [1.82, 2.24) is 29.7 Å². The molecule has 0 bridgehead atoms. The second-order valence-corrected chi connectivity index (χ2v) is 8.61. The molecule has 0 aliphatic carbocycles. The minimum absolute atomic E-state index is 0.143. The number of anilines is 1. The third kappa shape index (κ3) is 4.18. The smallest absolute Gasteiger partial charge is 0.251 e. The summed E-state index contributed by atoms with van der Waals surface area (Å²) in [6, 6.07) is 4.86. The lowest BCUT2D eigenvalue weighted by molar-refractivity contribution is 0.0963. The van der Waals surface area contributed by atoms with Crippen molar-refractivity contribution in [2.24, 2.45) is 7.05 Å². The number of aromatic nitrogens is 5. The SMILES string of the molecule is CNC(=O)c1cc(-c2cnc3cc(-c4cnn(C)c4)c(O[C@H]4CCOC4)nn23)c(F)c(N(C)C)c1. The highest BCUT2D eigenvalue weighted by Gasteiger charge is 2.24. The Hall–Kier alpha value is -3.99. The molecule has 1 amide bonds. The third-order valence-corrected chi connectivity index (χ3v) is 5.94. The fourth-order valence-electron chi connectivity index (χ4n) is 4.10. The van der Waals surface area contributed by atoms with Crippen molar-refractivity contribution in [2.75, 3.05) is 39.3 Å². The molecule has 1 atom stereocenters. The molecule has 11 heteroatoms. The van der Waals surface area contributed by atoms with Crippen LogP contribution in [-0.4, -0.2) is 70.7 Å². The number of hydrogen-bond donors (Lipinski definition) is 1. The highest BCUT2D eigenvalue weighted by Crippen LogP contribution is 2.35. The van der Waals surface area contributed by atoms with Crippen LogP contribution in [0.1, 0.15) is 16.8 Å². The van der Waals surface area contributed by atoms with E-state index in [1.807, 2.05) is 19.3 Å². The number of benzene rings is 1. The van der Waals surface area contributed by atoms with Crippen molar-refractivity contribution < 1.29 is 18.7 Å². The van der Waals surface area contributed by atoms with Gasteiger partial charge in [0.2, 0.25) is 5.88 Å². The number of halogens is 1. The van der Waals surface area contributed by atoms with Crippen molar-refractivity contribution in [1.29, 1.82) is 0 Å². The molecule has 182 valence electrons. The summed E-state index contributed by atoms with van der Waals surface area (Å²) in [6.45, 7) is 1.09. The molecule has 1 aliphatic heterocycles. The minimum atomic E-state index is -0.478. The number of imidazole rings is 1. The molecule has 1 saturated heterocycles. The van der Waals surface area contributed by atoms with Crippen LogP contribution in [0.4, 0.5) is 10.1 Å². The highest BCUT2D eigenvalue weighted by atomic mass is 19.1. The van der Waals surface area contributed by atoms with Gasteiger partial charge in [-0.1, -0.05) is 0 Å². The van der Waals surface area contributed by atoms with Gasteiger partial charge in [-0.05, 0) is 18.2 Å². The van der Waals surface area contributed by atoms with Gasteiger partial charge >= 0.3 is 0 Å². The first kappa shape index (κ1) is 22.8. The van der Waals surface area contributed by atoms with Crippen molar-refractivity contribution in [2.45, 2.75) is 12.5 Å². The number of carbonyl (C=O) groups excluding carboxylic acids is 1. The maximum atomic E-state index is 15.6. The fourth-order valence-corrected chi connectivity index (χ4v) is 4.10. The van der Waals surface area contributed by atoms with Crippen LogP contribution in [0.5, 0.6) is 5.88 Å². The molecule has 0 radical (unpaired) electrons. The van der Waals surface area contributed by atoms with Gasteiger partial charge in [0.05, 0.1) is 42.6 Å². The van der Waals surface area contributed by atoms with Crippen molar-refractivity contribution in [3.63, 3.8) is 0 Å². The van der Waals surface area contributed by atoms with Crippen molar-refractivity contribution in [3.8, 4) is 28.3 Å². The van der Waals surface area contributed by atoms with Gasteiger partial charge in [-0.2, -0.15) is 5.10 Å². The monoisotopic (exact) mass is 479 g/mol. The van der Waals surface area contributed by atoms with Crippen LogP contribution in [0.3, 0.4) is 0 Å². The summed E-state index contributed by atoms with van der Waals surface area (Å²) in [6.07, 6.45) is 5.74. The summed E-state index contributed by atoms with van der Waals surface area (Å²) in [4.78, 5) is 18.5. The van der Waals surface area contributed by atoms with E-state index in [0.717, 1.165) is 17.5 Å². The number of ether oxygens (including phenoxy) is 2. The van der Waals surface area contributed by atoms with Crippen LogP contribution in [0.2, 0.25) is 0 Å². The average Bonchev–Trinajstić information content (AvgIpc) is 3.59. The lowest BCUT2D eigenvalue weighted by Gasteiger charge is -2.18. The zero-order valence-corrected chi connectivity index (χ0v) is 19.9. The van der Waals surface area contributed by atoms with E-state index in [2.05, 4.69) is 15.4 Å². The maximum Gasteiger partial charge on any atom is 0.251 e. The summed E-state index contributed by atoms with van der Waals surface area (Å²) in [7, 11) is 6.81. The molecule has 1 aromatic carbocycles. The van der Waals surface area contributed by atoms with Crippen LogP contribution in [0.25, 0.3) is 28.0 Å². The first-order chi connectivity index (χ1) is 16.9. The largest absolute Gasteiger partial charge is 0.470 e. The summed E-state index contributed by atoms with van der Waals surface area (Å²) in [5, 5.41) is 11.6. The summed E-state index contributed by atoms with van der Waals surface area (Å²) in [5.74, 6) is -0.426. The molecule has 1 aliphatic rings. The first-order valence-corrected chi connectivity index (χ1v) is 11.2. The number of fused-ring (bicyclic) bond motifs is 1. The lowest BCUT2D eigenvalue weighted by atomic mass is 10.0. The normalized spacial score (nSPS) is 15.5. The Balaban J connectivity index is 1.70. The van der Waals surface area contributed by atoms with Gasteiger partial charge in [-0.3, -0.25) is 9.48 Å². The van der Waals surface area contributed by atoms with Gasteiger partial charge in [0.25, 0.3) is 5.91 Å². The van der Waals surface area contributed by atoms with Crippen molar-refractivity contribution >= 4 is 17.2 Å². The van der Waals surface area contributed by atoms with Crippen LogP contribution < -0.4 is 15.0 Å². The van der Waals surface area contributed by atoms with Gasteiger partial charge in [-0.15, -0.1) is 5.10 Å². The Morgan fingerprint density at radius 3 is 2.74 bits per heavy atom. The molecule has 3 aromatic heterocycles. The van der Waals surface area contributed by atoms with E-state index in [-0.39, 0.29) is 23.3 Å². The molecule has 1 N–H and O–H groups in total. The van der Waals surface area contributed by atoms with Crippen LogP contribution in [0, 0.1) is 5.82 Å². The molecule has 0 unspecified atom stereocenters. The van der Waals surface area contributed by atoms with Gasteiger partial charge in [0.15, 0.2) is 11.5 Å². The Morgan fingerprint density at radius 1 is 1.26 bits per heavy atom. The Labute approximate surface area is 201 Å². The Bertz CT molecular complexity index is 1410. The fraction of sp³-hybridized carbons (Fsp3) is 0.333. The second kappa shape index (κ2) is 8.99. The minimum Gasteiger partial charge on any atom is -0.470 e. The van der Waals surface area contributed by atoms with Gasteiger partial charge in [0, 0.05) is 57.5 Å². The van der Waals surface area contributed by atoms with E-state index < -0.39 is 5.82 Å². The van der Waals surface area contributed by atoms with Crippen LogP contribution >= 0.6 is 0 Å². The molecule has 10 nitrogen and oxygen atoms in total. The molecular formula is C24H26FN7O3. The number of hydrogen-bond acceptors (Lipinski definition) is 7. The molecular weight excluding hydrogens is 453 g/mol. The standard InChI is InChI=1S/C24H26FN7O3/c1-26-23(33)14-7-18(22(25)19(8-14)30(2)3)20-11-27-21-9-17(15-10-28-31(4)12-15)24(29-32(20)21)35-16-5-6-34-13-16/h7-12,16H,5-6,13H2,1-4H3,(H,26,33)/t16-/m0/s1. The molecule has 35 heavy (non-hydrogen) atoms. The number of nitrogens with one attached hydrogen (secondary N) is 1. The predicted octanol–water partition coefficient (Wildman–Crippen LogP) is 2.53. The summed E-state index contributed by atoms with van der Waals surface area (Å²) in [5.41, 5.74) is 3.27. The van der Waals surface area contributed by atoms with Crippen molar-refractivity contribution in [3.05, 3.63) is 48.2 Å². The number of nitrogens with zero attached hydrogens (tertiary/aromatic N) is 6. The van der Waals surface area contributed by atoms with E-state index in [9.17, 15) is 4.79 Å². The molecule has 0 spiro atoms. The number of carbonyl (C=O) groups is 1. The Morgan fingerprint density at radius 2 is 2.09 bits per heavy atom. The number of rotatable bonds is 6. The predicted molar refractivity (Wildman–Crippen MR) is 128 cm³/mol. The van der Waals surface area contributed by atoms with E-state index in [1.54, 1.807) is 36.1 Å². The number of amides is 1. The van der Waals surface area contributed by atoms with E-state index in [1.165, 1.54) is 23.7 Å². The topological polar surface area (TPSA) is 98.8 Å². The lowest BCUT2D eigenvalue weighted by Crippen LogP contribution is -2.20. The van der Waals surface area contributed by atoms with E-state index in [4.69, 9.17) is 14.6 Å². The summed E-state index contributed by atoms with van der Waals surface area (Å²) >= 11 is 0. The van der Waals surface area contributed by atoms with Gasteiger partial charge in [0.1, 0.15) is 6.10 Å². The molecule has 4 heterocycles. The summed E-state index contributed by atoms with van der Waals surface area (Å²) < 4.78 is 30.6. The molecule has 1 fully saturated rings. The van der Waals surface area contributed by atoms with E-state index >= 15 is 4.39 Å². The molecule has 5 rings (SSSR count). The molecule has 4 aromatic rings. The second-order valence-electron chi connectivity index (χ2n) is 8.61. The van der Waals surface area contributed by atoms with Crippen LogP contribution in [0.15, 0.2) is 36.8 Å². The van der Waals surface area contributed by atoms with Gasteiger partial charge in [-0.25, -0.2) is 13.9 Å². The average molecular weight is 480 g/mol. The quantitative estimate of drug-likeness (QED) is 0.454. The third-order valence-electron chi connectivity index (χ3n) is 5.94. The maximum absolute atomic E-state index is 15.6. The number of aryl methyl sites for hydroxylation is 1.